The topological polar surface area (TPSA) is 57.3 Å². The standard InChI is InChI=1S/C20H28N2O2/c23-18(12-22-17-9-15-3-1-2-4-16(15)10-17)13-24-19-6-5-14-7-8-21-20(14)11-19/h5-8,11,15-18,21-23H,1-4,9-10,12-13H2/t15-,16+,17?,18?. The predicted molar refractivity (Wildman–Crippen MR) is 96.3 cm³/mol. The summed E-state index contributed by atoms with van der Waals surface area (Å²) in [4.78, 5) is 3.18. The quantitative estimate of drug-likeness (QED) is 0.761. The van der Waals surface area contributed by atoms with Gasteiger partial charge in [0.2, 0.25) is 0 Å². The lowest BCUT2D eigenvalue weighted by molar-refractivity contribution is 0.103. The Morgan fingerprint density at radius 1 is 1.17 bits per heavy atom. The summed E-state index contributed by atoms with van der Waals surface area (Å²) in [6, 6.07) is 8.60. The van der Waals surface area contributed by atoms with E-state index in [1.165, 1.54) is 43.9 Å². The second kappa shape index (κ2) is 7.16. The van der Waals surface area contributed by atoms with Crippen LogP contribution in [0.5, 0.6) is 5.75 Å². The lowest BCUT2D eigenvalue weighted by Gasteiger charge is -2.24. The Hall–Kier alpha value is -1.52. The van der Waals surface area contributed by atoms with Crippen LogP contribution in [0.1, 0.15) is 38.5 Å². The monoisotopic (exact) mass is 328 g/mol. The van der Waals surface area contributed by atoms with Gasteiger partial charge in [-0.05, 0) is 48.3 Å². The van der Waals surface area contributed by atoms with E-state index in [4.69, 9.17) is 4.74 Å². The van der Waals surface area contributed by atoms with E-state index in [1.54, 1.807) is 0 Å². The molecule has 3 N–H and O–H groups in total. The van der Waals surface area contributed by atoms with Crippen molar-refractivity contribution in [2.75, 3.05) is 13.2 Å². The highest BCUT2D eigenvalue weighted by Crippen LogP contribution is 2.42. The van der Waals surface area contributed by atoms with Crippen molar-refractivity contribution in [2.45, 2.75) is 50.7 Å². The Morgan fingerprint density at radius 3 is 2.75 bits per heavy atom. The van der Waals surface area contributed by atoms with Crippen LogP contribution in [0.3, 0.4) is 0 Å². The van der Waals surface area contributed by atoms with E-state index in [9.17, 15) is 5.11 Å². The zero-order valence-corrected chi connectivity index (χ0v) is 14.2. The van der Waals surface area contributed by atoms with Crippen LogP contribution < -0.4 is 10.1 Å². The number of aromatic nitrogens is 1. The van der Waals surface area contributed by atoms with Crippen molar-refractivity contribution in [1.82, 2.24) is 10.3 Å². The maximum absolute atomic E-state index is 10.2. The number of H-pyrrole nitrogens is 1. The van der Waals surface area contributed by atoms with Gasteiger partial charge in [-0.3, -0.25) is 0 Å². The van der Waals surface area contributed by atoms with Gasteiger partial charge in [0.15, 0.2) is 0 Å². The number of rotatable bonds is 6. The first kappa shape index (κ1) is 16.0. The third-order valence-electron chi connectivity index (χ3n) is 5.85. The van der Waals surface area contributed by atoms with E-state index in [2.05, 4.69) is 10.3 Å². The molecule has 2 aliphatic rings. The van der Waals surface area contributed by atoms with E-state index in [1.807, 2.05) is 30.5 Å². The molecule has 0 radical (unpaired) electrons. The summed E-state index contributed by atoms with van der Waals surface area (Å²) in [7, 11) is 0. The first-order valence-corrected chi connectivity index (χ1v) is 9.39. The van der Waals surface area contributed by atoms with Crippen LogP contribution in [0, 0.1) is 11.8 Å². The summed E-state index contributed by atoms with van der Waals surface area (Å²) in [5, 5.41) is 14.9. The van der Waals surface area contributed by atoms with Crippen LogP contribution in [0.15, 0.2) is 30.5 Å². The highest BCUT2D eigenvalue weighted by atomic mass is 16.5. The molecule has 4 nitrogen and oxygen atoms in total. The molecule has 4 heteroatoms. The smallest absolute Gasteiger partial charge is 0.121 e. The second-order valence-electron chi connectivity index (χ2n) is 7.57. The van der Waals surface area contributed by atoms with E-state index in [-0.39, 0.29) is 0 Å². The van der Waals surface area contributed by atoms with Crippen LogP contribution in [0.2, 0.25) is 0 Å². The van der Waals surface area contributed by atoms with Crippen LogP contribution in [-0.2, 0) is 0 Å². The molecule has 2 unspecified atom stereocenters. The molecule has 2 aliphatic carbocycles. The van der Waals surface area contributed by atoms with Gasteiger partial charge < -0.3 is 20.1 Å². The number of hydrogen-bond acceptors (Lipinski definition) is 3. The van der Waals surface area contributed by atoms with Gasteiger partial charge in [-0.2, -0.15) is 0 Å². The van der Waals surface area contributed by atoms with Gasteiger partial charge in [0.25, 0.3) is 0 Å². The Labute approximate surface area is 143 Å². The Bertz CT molecular complexity index is 654. The summed E-state index contributed by atoms with van der Waals surface area (Å²) in [5.41, 5.74) is 1.06. The van der Waals surface area contributed by atoms with Gasteiger partial charge in [-0.25, -0.2) is 0 Å². The third-order valence-corrected chi connectivity index (χ3v) is 5.85. The van der Waals surface area contributed by atoms with Gasteiger partial charge >= 0.3 is 0 Å². The second-order valence-corrected chi connectivity index (χ2v) is 7.57. The van der Waals surface area contributed by atoms with Crippen LogP contribution >= 0.6 is 0 Å². The normalized spacial score (nSPS) is 28.0. The molecule has 24 heavy (non-hydrogen) atoms. The largest absolute Gasteiger partial charge is 0.491 e. The summed E-state index contributed by atoms with van der Waals surface area (Å²) in [6.45, 7) is 0.952. The number of aliphatic hydroxyl groups excluding tert-OH is 1. The number of aromatic amines is 1. The number of hydrogen-bond donors (Lipinski definition) is 3. The number of nitrogens with one attached hydrogen (secondary N) is 2. The van der Waals surface area contributed by atoms with Crippen LogP contribution in [-0.4, -0.2) is 35.4 Å². The van der Waals surface area contributed by atoms with Crippen molar-refractivity contribution < 1.29 is 9.84 Å². The molecule has 0 saturated heterocycles. The molecule has 0 spiro atoms. The molecule has 130 valence electrons. The summed E-state index contributed by atoms with van der Waals surface area (Å²) >= 11 is 0. The molecule has 0 aliphatic heterocycles. The first-order valence-electron chi connectivity index (χ1n) is 9.39. The minimum Gasteiger partial charge on any atom is -0.491 e. The van der Waals surface area contributed by atoms with Gasteiger partial charge in [0, 0.05) is 30.4 Å². The zero-order chi connectivity index (χ0) is 16.4. The maximum Gasteiger partial charge on any atom is 0.121 e. The minimum atomic E-state index is -0.466. The maximum atomic E-state index is 10.2. The summed E-state index contributed by atoms with van der Waals surface area (Å²) < 4.78 is 5.75. The van der Waals surface area contributed by atoms with Crippen molar-refractivity contribution in [3.63, 3.8) is 0 Å². The molecule has 1 aromatic heterocycles. The fourth-order valence-corrected chi connectivity index (χ4v) is 4.57. The highest BCUT2D eigenvalue weighted by molar-refractivity contribution is 5.80. The van der Waals surface area contributed by atoms with E-state index < -0.39 is 6.10 Å². The van der Waals surface area contributed by atoms with Crippen molar-refractivity contribution in [3.05, 3.63) is 30.5 Å². The summed E-state index contributed by atoms with van der Waals surface area (Å²) in [6.07, 6.45) is 9.69. The van der Waals surface area contributed by atoms with Crippen molar-refractivity contribution in [2.24, 2.45) is 11.8 Å². The van der Waals surface area contributed by atoms with Gasteiger partial charge in [0.1, 0.15) is 18.5 Å². The van der Waals surface area contributed by atoms with E-state index in [0.29, 0.717) is 19.2 Å². The first-order chi connectivity index (χ1) is 11.8. The van der Waals surface area contributed by atoms with Crippen LogP contribution in [0.25, 0.3) is 10.9 Å². The average Bonchev–Trinajstić information content (AvgIpc) is 3.23. The van der Waals surface area contributed by atoms with E-state index >= 15 is 0 Å². The molecule has 4 atom stereocenters. The van der Waals surface area contributed by atoms with Gasteiger partial charge in [-0.1, -0.05) is 25.7 Å². The number of aliphatic hydroxyl groups is 1. The van der Waals surface area contributed by atoms with Crippen LogP contribution in [0.4, 0.5) is 0 Å². The molecule has 2 fully saturated rings. The molecule has 1 aromatic carbocycles. The lowest BCUT2D eigenvalue weighted by atomic mass is 9.82. The van der Waals surface area contributed by atoms with Gasteiger partial charge in [0.05, 0.1) is 0 Å². The average molecular weight is 328 g/mol. The van der Waals surface area contributed by atoms with Gasteiger partial charge in [-0.15, -0.1) is 0 Å². The SMILES string of the molecule is OC(CNC1C[C@H]2CCCC[C@H]2C1)COc1ccc2cc[nH]c2c1. The van der Waals surface area contributed by atoms with Crippen molar-refractivity contribution in [1.29, 1.82) is 0 Å². The highest BCUT2D eigenvalue weighted by Gasteiger charge is 2.35. The zero-order valence-electron chi connectivity index (χ0n) is 14.2. The molecule has 2 aromatic rings. The molecule has 4 rings (SSSR count). The predicted octanol–water partition coefficient (Wildman–Crippen LogP) is 3.47. The number of benzene rings is 1. The number of ether oxygens (including phenoxy) is 1. The Morgan fingerprint density at radius 2 is 1.96 bits per heavy atom. The molecule has 0 bridgehead atoms. The molecular weight excluding hydrogens is 300 g/mol. The Kier molecular flexibility index (Phi) is 4.76. The fourth-order valence-electron chi connectivity index (χ4n) is 4.57. The molecular formula is C20H28N2O2. The Balaban J connectivity index is 1.21. The lowest BCUT2D eigenvalue weighted by Crippen LogP contribution is -2.37. The molecule has 1 heterocycles. The fraction of sp³-hybridized carbons (Fsp3) is 0.600. The van der Waals surface area contributed by atoms with E-state index in [0.717, 1.165) is 23.1 Å². The van der Waals surface area contributed by atoms with Crippen molar-refractivity contribution >= 4 is 10.9 Å². The van der Waals surface area contributed by atoms with Crippen molar-refractivity contribution in [3.8, 4) is 5.75 Å². The summed E-state index contributed by atoms with van der Waals surface area (Å²) in [5.74, 6) is 2.66. The molecule has 0 amide bonds. The number of fused-ring (bicyclic) bond motifs is 2. The molecule has 2 saturated carbocycles. The third kappa shape index (κ3) is 3.60. The minimum absolute atomic E-state index is 0.332.